The van der Waals surface area contributed by atoms with Crippen molar-refractivity contribution in [1.82, 2.24) is 19.6 Å². The van der Waals surface area contributed by atoms with Gasteiger partial charge < -0.3 is 24.3 Å². The molecule has 3 amide bonds. The summed E-state index contributed by atoms with van der Waals surface area (Å²) >= 11 is 0. The third-order valence-corrected chi connectivity index (χ3v) is 8.50. The molecule has 0 bridgehead atoms. The third-order valence-electron chi connectivity index (χ3n) is 8.50. The van der Waals surface area contributed by atoms with Gasteiger partial charge >= 0.3 is 6.09 Å². The maximum absolute atomic E-state index is 13.0. The Labute approximate surface area is 212 Å². The molecule has 1 heterocycles. The number of hydrogen-bond acceptors (Lipinski definition) is 5. The Morgan fingerprint density at radius 1 is 0.914 bits per heavy atom. The van der Waals surface area contributed by atoms with Crippen molar-refractivity contribution in [2.45, 2.75) is 96.9 Å². The van der Waals surface area contributed by atoms with Gasteiger partial charge in [0.15, 0.2) is 0 Å². The van der Waals surface area contributed by atoms with Crippen LogP contribution in [-0.4, -0.2) is 103 Å². The summed E-state index contributed by atoms with van der Waals surface area (Å²) in [6, 6.07) is 0.0723. The van der Waals surface area contributed by atoms with Gasteiger partial charge in [0.25, 0.3) is 0 Å². The van der Waals surface area contributed by atoms with Crippen molar-refractivity contribution in [2.75, 3.05) is 40.8 Å². The molecule has 1 aliphatic heterocycles. The smallest absolute Gasteiger partial charge is 0.410 e. The zero-order valence-electron chi connectivity index (χ0n) is 23.0. The van der Waals surface area contributed by atoms with Crippen LogP contribution in [0.3, 0.4) is 0 Å². The first-order chi connectivity index (χ1) is 16.5. The van der Waals surface area contributed by atoms with E-state index in [1.54, 1.807) is 6.92 Å². The minimum Gasteiger partial charge on any atom is -0.447 e. The molecular weight excluding hydrogens is 444 g/mol. The average molecular weight is 493 g/mol. The lowest BCUT2D eigenvalue weighted by molar-refractivity contribution is -0.142. The Morgan fingerprint density at radius 2 is 1.54 bits per heavy atom. The fourth-order valence-corrected chi connectivity index (χ4v) is 6.72. The summed E-state index contributed by atoms with van der Waals surface area (Å²) in [6.07, 6.45) is 6.57. The molecule has 0 N–H and O–H groups in total. The van der Waals surface area contributed by atoms with Crippen LogP contribution in [0, 0.1) is 17.8 Å². The van der Waals surface area contributed by atoms with Crippen LogP contribution in [0.1, 0.15) is 72.6 Å². The molecule has 0 spiro atoms. The summed E-state index contributed by atoms with van der Waals surface area (Å²) in [7, 11) is 5.99. The van der Waals surface area contributed by atoms with E-state index in [-0.39, 0.29) is 48.1 Å². The Hall–Kier alpha value is -1.83. The monoisotopic (exact) mass is 492 g/mol. The van der Waals surface area contributed by atoms with Crippen LogP contribution in [0.25, 0.3) is 0 Å². The Kier molecular flexibility index (Phi) is 9.47. The lowest BCUT2D eigenvalue weighted by Crippen LogP contribution is -2.67. The van der Waals surface area contributed by atoms with Crippen molar-refractivity contribution in [3.63, 3.8) is 0 Å². The molecule has 8 heteroatoms. The number of piperazine rings is 1. The van der Waals surface area contributed by atoms with Crippen molar-refractivity contribution in [3.05, 3.63) is 0 Å². The average Bonchev–Trinajstić information content (AvgIpc) is 2.80. The molecule has 0 radical (unpaired) electrons. The van der Waals surface area contributed by atoms with Crippen LogP contribution in [0.4, 0.5) is 4.79 Å². The lowest BCUT2D eigenvalue weighted by atomic mass is 9.68. The van der Waals surface area contributed by atoms with Gasteiger partial charge in [0.2, 0.25) is 11.8 Å². The second-order valence-corrected chi connectivity index (χ2v) is 11.7. The molecule has 3 aliphatic rings. The molecule has 0 aromatic heterocycles. The molecule has 0 aromatic carbocycles. The normalized spacial score (nSPS) is 31.3. The standard InChI is InChI=1S/C27H48N4O4/c1-18(2)35-27(34)30-17-19(3)31(20(4)32)24-13-12-23(16-25(24)30)21-8-10-22(11-9-21)26(33)29(7)15-14-28(5)6/h18-19,21-25H,8-17H2,1-7H3/t19-,21?,22?,23?,24?,25?/m0/s1. The summed E-state index contributed by atoms with van der Waals surface area (Å²) in [5.41, 5.74) is 0. The van der Waals surface area contributed by atoms with E-state index in [1.165, 1.54) is 0 Å². The van der Waals surface area contributed by atoms with Crippen molar-refractivity contribution >= 4 is 17.9 Å². The van der Waals surface area contributed by atoms with Gasteiger partial charge in [0.1, 0.15) is 0 Å². The number of carbonyl (C=O) groups excluding carboxylic acids is 3. The van der Waals surface area contributed by atoms with E-state index < -0.39 is 0 Å². The van der Waals surface area contributed by atoms with Crippen LogP contribution in [0.5, 0.6) is 0 Å². The molecule has 35 heavy (non-hydrogen) atoms. The molecule has 2 saturated carbocycles. The summed E-state index contributed by atoms with van der Waals surface area (Å²) in [5.74, 6) is 1.63. The molecule has 0 aromatic rings. The molecule has 200 valence electrons. The van der Waals surface area contributed by atoms with Crippen molar-refractivity contribution < 1.29 is 19.1 Å². The summed E-state index contributed by atoms with van der Waals surface area (Å²) in [5, 5.41) is 0. The number of likely N-dealkylation sites (N-methyl/N-ethyl adjacent to an activating group) is 2. The molecule has 3 unspecified atom stereocenters. The predicted molar refractivity (Wildman–Crippen MR) is 137 cm³/mol. The highest BCUT2D eigenvalue weighted by Crippen LogP contribution is 2.44. The molecule has 2 aliphatic carbocycles. The highest BCUT2D eigenvalue weighted by atomic mass is 16.6. The third kappa shape index (κ3) is 6.69. The van der Waals surface area contributed by atoms with Gasteiger partial charge in [-0.2, -0.15) is 0 Å². The first-order valence-electron chi connectivity index (χ1n) is 13.6. The number of amides is 3. The van der Waals surface area contributed by atoms with Crippen LogP contribution >= 0.6 is 0 Å². The van der Waals surface area contributed by atoms with Crippen LogP contribution in [0.15, 0.2) is 0 Å². The molecule has 3 fully saturated rings. The first kappa shape index (κ1) is 27.8. The van der Waals surface area contributed by atoms with E-state index in [0.717, 1.165) is 58.0 Å². The lowest BCUT2D eigenvalue weighted by Gasteiger charge is -2.54. The number of carbonyl (C=O) groups is 3. The van der Waals surface area contributed by atoms with Crippen molar-refractivity contribution in [2.24, 2.45) is 17.8 Å². The topological polar surface area (TPSA) is 73.4 Å². The predicted octanol–water partition coefficient (Wildman–Crippen LogP) is 3.45. The zero-order chi connectivity index (χ0) is 25.9. The Balaban J connectivity index is 1.63. The quantitative estimate of drug-likeness (QED) is 0.568. The van der Waals surface area contributed by atoms with E-state index in [4.69, 9.17) is 4.74 Å². The van der Waals surface area contributed by atoms with Gasteiger partial charge in [-0.1, -0.05) is 0 Å². The second kappa shape index (κ2) is 11.9. The number of rotatable bonds is 6. The number of ether oxygens (including phenoxy) is 1. The fourth-order valence-electron chi connectivity index (χ4n) is 6.72. The fraction of sp³-hybridized carbons (Fsp3) is 0.889. The van der Waals surface area contributed by atoms with Crippen molar-refractivity contribution in [3.8, 4) is 0 Å². The Bertz CT molecular complexity index is 749. The van der Waals surface area contributed by atoms with Gasteiger partial charge in [0, 0.05) is 45.6 Å². The van der Waals surface area contributed by atoms with E-state index in [9.17, 15) is 14.4 Å². The van der Waals surface area contributed by atoms with Gasteiger partial charge in [0.05, 0.1) is 18.2 Å². The minimum atomic E-state index is -0.249. The van der Waals surface area contributed by atoms with E-state index in [1.807, 2.05) is 56.6 Å². The summed E-state index contributed by atoms with van der Waals surface area (Å²) < 4.78 is 5.60. The summed E-state index contributed by atoms with van der Waals surface area (Å²) in [4.78, 5) is 46.4. The highest BCUT2D eigenvalue weighted by Gasteiger charge is 2.48. The van der Waals surface area contributed by atoms with Crippen molar-refractivity contribution in [1.29, 1.82) is 0 Å². The second-order valence-electron chi connectivity index (χ2n) is 11.7. The first-order valence-corrected chi connectivity index (χ1v) is 13.6. The number of fused-ring (bicyclic) bond motifs is 1. The summed E-state index contributed by atoms with van der Waals surface area (Å²) in [6.45, 7) is 9.62. The maximum atomic E-state index is 13.0. The minimum absolute atomic E-state index is 0.00375. The van der Waals surface area contributed by atoms with Crippen LogP contribution < -0.4 is 0 Å². The van der Waals surface area contributed by atoms with Gasteiger partial charge in [-0.3, -0.25) is 9.59 Å². The SMILES string of the molecule is CC(=O)N1C2CCC(C3CCC(C(=O)N(C)CCN(C)C)CC3)CC2N(C(=O)OC(C)C)C[C@@H]1C. The van der Waals surface area contributed by atoms with Gasteiger partial charge in [-0.05, 0) is 91.6 Å². The Morgan fingerprint density at radius 3 is 2.11 bits per heavy atom. The van der Waals surface area contributed by atoms with Crippen LogP contribution in [-0.2, 0) is 14.3 Å². The molecule has 1 saturated heterocycles. The molecular formula is C27H48N4O4. The highest BCUT2D eigenvalue weighted by molar-refractivity contribution is 5.78. The van der Waals surface area contributed by atoms with E-state index >= 15 is 0 Å². The number of hydrogen-bond donors (Lipinski definition) is 0. The molecule has 8 nitrogen and oxygen atoms in total. The van der Waals surface area contributed by atoms with Gasteiger partial charge in [-0.25, -0.2) is 4.79 Å². The van der Waals surface area contributed by atoms with E-state index in [0.29, 0.717) is 18.4 Å². The van der Waals surface area contributed by atoms with Gasteiger partial charge in [-0.15, -0.1) is 0 Å². The number of nitrogens with zero attached hydrogens (tertiary/aromatic N) is 4. The van der Waals surface area contributed by atoms with Crippen LogP contribution in [0.2, 0.25) is 0 Å². The molecule has 3 rings (SSSR count). The maximum Gasteiger partial charge on any atom is 0.410 e. The zero-order valence-corrected chi connectivity index (χ0v) is 23.0. The molecule has 4 atom stereocenters. The largest absolute Gasteiger partial charge is 0.447 e. The van der Waals surface area contributed by atoms with E-state index in [2.05, 4.69) is 4.90 Å².